The average molecular weight is 1120 g/mol. The molecule has 0 atom stereocenters. The number of benzene rings is 12. The quantitative estimate of drug-likeness (QED) is 0.134. The molecule has 0 N–H and O–H groups in total. The van der Waals surface area contributed by atoms with Crippen LogP contribution in [0.25, 0.3) is 49.4 Å². The number of fused-ring (bicyclic) bond motifs is 11. The number of hydrogen-bond acceptors (Lipinski definition) is 5. The molecule has 16 rings (SSSR count). The molecule has 0 bridgehead atoms. The Kier molecular flexibility index (Phi) is 12.0. The van der Waals surface area contributed by atoms with Crippen LogP contribution in [-0.2, 0) is 10.8 Å². The van der Waals surface area contributed by atoms with Gasteiger partial charge in [-0.2, -0.15) is 0 Å². The van der Waals surface area contributed by atoms with E-state index in [2.05, 4.69) is 345 Å². The second-order valence-corrected chi connectivity index (χ2v) is 25.4. The van der Waals surface area contributed by atoms with Gasteiger partial charge in [0, 0.05) is 84.1 Å². The van der Waals surface area contributed by atoms with Crippen LogP contribution in [0.3, 0.4) is 0 Å². The summed E-state index contributed by atoms with van der Waals surface area (Å²) < 4.78 is 9.90. The van der Waals surface area contributed by atoms with Gasteiger partial charge in [-0.3, -0.25) is 0 Å². The molecule has 2 aliphatic rings. The summed E-state index contributed by atoms with van der Waals surface area (Å²) in [6.45, 7) is 13.5. The standard InChI is InChI=1S/C80H64BN5O/c1-79(2,3)53-39-43-59(44-40-53)84-69-49-61(82(55-25-11-7-12-26-55)56-27-13-8-14-28-56)47-48-66(69)81-76-70(84)50-62(83(57-29-15-9-16-30-57)58-31-17-10-18-32-58)51-71(76)85(60-45-41-54(42-46-60)80(4,5)6)72-52-73(78-75(77(72)81)65-35-21-24-38-74(65)87-78)86-67-36-22-19-33-63(67)64-34-20-23-37-68(64)86/h7-52H,1-6H3. The molecule has 0 saturated carbocycles. The zero-order valence-electron chi connectivity index (χ0n) is 49.8. The number of furan rings is 1. The van der Waals surface area contributed by atoms with Gasteiger partial charge >= 0.3 is 0 Å². The number of nitrogens with zero attached hydrogens (tertiary/aromatic N) is 5. The van der Waals surface area contributed by atoms with Crippen LogP contribution in [0.15, 0.2) is 283 Å². The van der Waals surface area contributed by atoms with Gasteiger partial charge in [0.25, 0.3) is 6.71 Å². The Morgan fingerprint density at radius 1 is 0.333 bits per heavy atom. The molecule has 7 heteroatoms. The molecule has 418 valence electrons. The molecule has 0 saturated heterocycles. The fourth-order valence-corrected chi connectivity index (χ4v) is 13.9. The number of aromatic nitrogens is 1. The van der Waals surface area contributed by atoms with Crippen molar-refractivity contribution in [2.24, 2.45) is 0 Å². The van der Waals surface area contributed by atoms with Gasteiger partial charge in [-0.1, -0.05) is 199 Å². The Morgan fingerprint density at radius 3 is 1.22 bits per heavy atom. The first-order valence-electron chi connectivity index (χ1n) is 30.4. The number of para-hydroxylation sites is 7. The third-order valence-corrected chi connectivity index (χ3v) is 18.0. The van der Waals surface area contributed by atoms with Gasteiger partial charge in [-0.15, -0.1) is 0 Å². The third kappa shape index (κ3) is 8.47. The van der Waals surface area contributed by atoms with E-state index in [0.717, 1.165) is 107 Å². The Labute approximate surface area is 509 Å². The summed E-state index contributed by atoms with van der Waals surface area (Å²) in [5.74, 6) is 0. The molecule has 0 amide bonds. The van der Waals surface area contributed by atoms with Gasteiger partial charge in [0.15, 0.2) is 5.58 Å². The summed E-state index contributed by atoms with van der Waals surface area (Å²) >= 11 is 0. The lowest BCUT2D eigenvalue weighted by molar-refractivity contribution is 0.590. The molecule has 0 aliphatic carbocycles. The van der Waals surface area contributed by atoms with Crippen molar-refractivity contribution in [1.82, 2.24) is 4.57 Å². The molecule has 14 aromatic rings. The third-order valence-electron chi connectivity index (χ3n) is 18.0. The second-order valence-electron chi connectivity index (χ2n) is 25.4. The van der Waals surface area contributed by atoms with Crippen LogP contribution in [0.1, 0.15) is 52.7 Å². The fourth-order valence-electron chi connectivity index (χ4n) is 13.9. The summed E-state index contributed by atoms with van der Waals surface area (Å²) in [6.07, 6.45) is 0. The Morgan fingerprint density at radius 2 is 0.736 bits per heavy atom. The van der Waals surface area contributed by atoms with E-state index in [1.165, 1.54) is 38.3 Å². The zero-order chi connectivity index (χ0) is 58.7. The smallest absolute Gasteiger partial charge is 0.253 e. The number of anilines is 12. The molecule has 0 unspecified atom stereocenters. The molecule has 2 aromatic heterocycles. The van der Waals surface area contributed by atoms with E-state index in [1.807, 2.05) is 0 Å². The molecule has 0 radical (unpaired) electrons. The van der Waals surface area contributed by atoms with Crippen LogP contribution in [0.2, 0.25) is 0 Å². The highest BCUT2D eigenvalue weighted by atomic mass is 16.3. The van der Waals surface area contributed by atoms with Crippen molar-refractivity contribution < 1.29 is 4.42 Å². The van der Waals surface area contributed by atoms with Gasteiger partial charge < -0.3 is 28.6 Å². The van der Waals surface area contributed by atoms with Crippen molar-refractivity contribution in [2.45, 2.75) is 52.4 Å². The predicted molar refractivity (Wildman–Crippen MR) is 369 cm³/mol. The van der Waals surface area contributed by atoms with Gasteiger partial charge in [-0.25, -0.2) is 0 Å². The van der Waals surface area contributed by atoms with Crippen molar-refractivity contribution in [1.29, 1.82) is 0 Å². The van der Waals surface area contributed by atoms with Crippen LogP contribution < -0.4 is 36.0 Å². The molecular weight excluding hydrogens is 1060 g/mol. The largest absolute Gasteiger partial charge is 0.454 e. The summed E-state index contributed by atoms with van der Waals surface area (Å²) in [7, 11) is 0. The minimum atomic E-state index is -0.280. The van der Waals surface area contributed by atoms with Crippen LogP contribution >= 0.6 is 0 Å². The maximum absolute atomic E-state index is 7.45. The molecule has 12 aromatic carbocycles. The van der Waals surface area contributed by atoms with Crippen molar-refractivity contribution >= 4 is 135 Å². The average Bonchev–Trinajstić information content (AvgIpc) is 1.71. The van der Waals surface area contributed by atoms with Crippen molar-refractivity contribution in [3.8, 4) is 5.69 Å². The molecule has 87 heavy (non-hydrogen) atoms. The van der Waals surface area contributed by atoms with E-state index < -0.39 is 0 Å². The lowest BCUT2D eigenvalue weighted by atomic mass is 9.33. The number of hydrogen-bond donors (Lipinski definition) is 0. The lowest BCUT2D eigenvalue weighted by Crippen LogP contribution is -2.61. The highest BCUT2D eigenvalue weighted by Gasteiger charge is 2.47. The maximum atomic E-state index is 7.45. The van der Waals surface area contributed by atoms with E-state index in [1.54, 1.807) is 0 Å². The van der Waals surface area contributed by atoms with Gasteiger partial charge in [0.05, 0.1) is 22.4 Å². The van der Waals surface area contributed by atoms with Crippen LogP contribution in [0.4, 0.5) is 68.2 Å². The molecular formula is C80H64BN5O. The normalized spacial score (nSPS) is 12.9. The van der Waals surface area contributed by atoms with Crippen molar-refractivity contribution in [2.75, 3.05) is 19.6 Å². The van der Waals surface area contributed by atoms with E-state index in [9.17, 15) is 0 Å². The van der Waals surface area contributed by atoms with E-state index in [4.69, 9.17) is 4.42 Å². The summed E-state index contributed by atoms with van der Waals surface area (Å²) in [5, 5.41) is 4.57. The Hall–Kier alpha value is -10.5. The van der Waals surface area contributed by atoms with Gasteiger partial charge in [-0.05, 0) is 160 Å². The van der Waals surface area contributed by atoms with Crippen LogP contribution in [0, 0.1) is 0 Å². The maximum Gasteiger partial charge on any atom is 0.253 e. The van der Waals surface area contributed by atoms with E-state index in [-0.39, 0.29) is 17.5 Å². The first kappa shape index (κ1) is 52.1. The van der Waals surface area contributed by atoms with Crippen LogP contribution in [0.5, 0.6) is 0 Å². The van der Waals surface area contributed by atoms with E-state index in [0.29, 0.717) is 0 Å². The minimum Gasteiger partial charge on any atom is -0.454 e. The summed E-state index contributed by atoms with van der Waals surface area (Å²) in [4.78, 5) is 9.97. The topological polar surface area (TPSA) is 31.0 Å². The monoisotopic (exact) mass is 1120 g/mol. The predicted octanol–water partition coefficient (Wildman–Crippen LogP) is 20.3. The van der Waals surface area contributed by atoms with Crippen molar-refractivity contribution in [3.63, 3.8) is 0 Å². The Balaban J connectivity index is 1.09. The first-order valence-corrected chi connectivity index (χ1v) is 30.4. The van der Waals surface area contributed by atoms with Gasteiger partial charge in [0.1, 0.15) is 5.58 Å². The highest BCUT2D eigenvalue weighted by molar-refractivity contribution is 7.02. The lowest BCUT2D eigenvalue weighted by Gasteiger charge is -2.45. The number of rotatable bonds is 9. The molecule has 0 fully saturated rings. The SMILES string of the molecule is CC(C)(C)c1ccc(N2c3cc(N(c4ccccc4)c4ccccc4)ccc3B3c4c2cc(N(c2ccccc2)c2ccccc2)cc4N(c2ccc(C(C)(C)C)cc2)c2cc(-n4c5ccccc5c5ccccc54)c4oc5ccccc5c4c23)cc1. The molecule has 6 nitrogen and oxygen atoms in total. The fraction of sp³-hybridized carbons (Fsp3) is 0.100. The van der Waals surface area contributed by atoms with Crippen LogP contribution in [-0.4, -0.2) is 11.3 Å². The first-order chi connectivity index (χ1) is 42.5. The van der Waals surface area contributed by atoms with Gasteiger partial charge in [0.2, 0.25) is 0 Å². The summed E-state index contributed by atoms with van der Waals surface area (Å²) in [5.41, 5.74) is 23.8. The summed E-state index contributed by atoms with van der Waals surface area (Å²) in [6, 6.07) is 103. The second kappa shape index (κ2) is 20.1. The highest BCUT2D eigenvalue weighted by Crippen LogP contribution is 2.52. The van der Waals surface area contributed by atoms with Crippen molar-refractivity contribution in [3.05, 3.63) is 290 Å². The Bertz CT molecular complexity index is 4810. The minimum absolute atomic E-state index is 0.0585. The zero-order valence-corrected chi connectivity index (χ0v) is 49.8. The molecule has 0 spiro atoms. The molecule has 4 heterocycles. The molecule has 2 aliphatic heterocycles. The van der Waals surface area contributed by atoms with E-state index >= 15 is 0 Å².